The molecule has 0 bridgehead atoms. The predicted octanol–water partition coefficient (Wildman–Crippen LogP) is 8.86. The van der Waals surface area contributed by atoms with Crippen molar-refractivity contribution in [1.29, 1.82) is 0 Å². The molecular formula is C34H46O4. The van der Waals surface area contributed by atoms with Crippen LogP contribution in [0.1, 0.15) is 103 Å². The lowest BCUT2D eigenvalue weighted by Gasteiger charge is -2.65. The molecule has 0 amide bonds. The van der Waals surface area contributed by atoms with Gasteiger partial charge in [0.15, 0.2) is 6.10 Å². The Kier molecular flexibility index (Phi) is 7.41. The smallest absolute Gasteiger partial charge is 0.340 e. The number of methoxy groups -OCH3 is 1. The van der Waals surface area contributed by atoms with Gasteiger partial charge in [-0.15, -0.1) is 0 Å². The van der Waals surface area contributed by atoms with Gasteiger partial charge in [-0.25, -0.2) is 4.79 Å². The van der Waals surface area contributed by atoms with E-state index >= 15 is 0 Å². The summed E-state index contributed by atoms with van der Waals surface area (Å²) in [6.45, 7) is 12.4. The van der Waals surface area contributed by atoms with Crippen LogP contribution in [-0.2, 0) is 14.3 Å². The zero-order chi connectivity index (χ0) is 27.1. The highest BCUT2D eigenvalue weighted by Crippen LogP contribution is 2.69. The summed E-state index contributed by atoms with van der Waals surface area (Å²) in [7, 11) is 1.57. The number of ether oxygens (including phenoxy) is 2. The van der Waals surface area contributed by atoms with Gasteiger partial charge in [-0.1, -0.05) is 76.1 Å². The van der Waals surface area contributed by atoms with Crippen LogP contribution in [0.3, 0.4) is 0 Å². The zero-order valence-corrected chi connectivity index (χ0v) is 24.2. The van der Waals surface area contributed by atoms with Crippen molar-refractivity contribution in [3.05, 3.63) is 71.7 Å². The minimum absolute atomic E-state index is 0.173. The lowest BCUT2D eigenvalue weighted by atomic mass is 9.39. The summed E-state index contributed by atoms with van der Waals surface area (Å²) in [6.07, 6.45) is 13.2. The molecule has 206 valence electrons. The molecule has 0 aliphatic heterocycles. The van der Waals surface area contributed by atoms with E-state index in [0.29, 0.717) is 22.7 Å². The van der Waals surface area contributed by atoms with E-state index in [1.54, 1.807) is 19.6 Å². The fourth-order valence-electron chi connectivity index (χ4n) is 9.19. The largest absolute Gasteiger partial charge is 0.472 e. The van der Waals surface area contributed by atoms with Crippen molar-refractivity contribution in [3.8, 4) is 0 Å². The first-order valence-corrected chi connectivity index (χ1v) is 14.6. The van der Waals surface area contributed by atoms with Gasteiger partial charge in [-0.05, 0) is 91.1 Å². The normalized spacial score (nSPS) is 33.8. The van der Waals surface area contributed by atoms with Gasteiger partial charge in [0, 0.05) is 12.7 Å². The lowest BCUT2D eigenvalue weighted by molar-refractivity contribution is -0.168. The number of hydrogen-bond acceptors (Lipinski definition) is 4. The average molecular weight is 519 g/mol. The van der Waals surface area contributed by atoms with Gasteiger partial charge in [-0.2, -0.15) is 0 Å². The molecule has 0 radical (unpaired) electrons. The highest BCUT2D eigenvalue weighted by atomic mass is 16.6. The second-order valence-corrected chi connectivity index (χ2v) is 13.5. The maximum absolute atomic E-state index is 13.5. The van der Waals surface area contributed by atoms with Crippen molar-refractivity contribution in [2.75, 3.05) is 7.11 Å². The van der Waals surface area contributed by atoms with E-state index in [0.717, 1.165) is 29.9 Å². The molecule has 3 aliphatic carbocycles. The van der Waals surface area contributed by atoms with E-state index in [-0.39, 0.29) is 17.5 Å². The van der Waals surface area contributed by atoms with Crippen molar-refractivity contribution in [2.45, 2.75) is 91.8 Å². The van der Waals surface area contributed by atoms with Crippen LogP contribution >= 0.6 is 0 Å². The van der Waals surface area contributed by atoms with E-state index in [1.807, 2.05) is 36.4 Å². The molecule has 1 heterocycles. The summed E-state index contributed by atoms with van der Waals surface area (Å²) in [5.41, 5.74) is 4.08. The molecule has 7 atom stereocenters. The third-order valence-electron chi connectivity index (χ3n) is 11.0. The Hall–Kier alpha value is -2.33. The summed E-state index contributed by atoms with van der Waals surface area (Å²) in [5.74, 6) is 1.40. The number of fused-ring (bicyclic) bond motifs is 3. The standard InChI is InChI=1S/C34H46O4/c1-23-13-14-29-33(4,19-15-28-32(2,3)17-10-18-34(28,29)5)26(23)21-27(25-16-20-37-22-25)38-31(35)30(36-6)24-11-8-7-9-12-24/h7-9,11-13,16,20,22,26-30H,10,14-15,17-19,21H2,1-6H3/t26-,27-,28+,29+,30-,33+,34+/m0/s1. The second-order valence-electron chi connectivity index (χ2n) is 13.5. The zero-order valence-electron chi connectivity index (χ0n) is 24.2. The average Bonchev–Trinajstić information content (AvgIpc) is 3.41. The Morgan fingerprint density at radius 2 is 1.76 bits per heavy atom. The number of esters is 1. The van der Waals surface area contributed by atoms with Crippen LogP contribution in [0.5, 0.6) is 0 Å². The first-order chi connectivity index (χ1) is 18.1. The van der Waals surface area contributed by atoms with Gasteiger partial charge in [0.2, 0.25) is 0 Å². The molecule has 0 N–H and O–H groups in total. The number of furan rings is 1. The summed E-state index contributed by atoms with van der Waals surface area (Å²) in [6, 6.07) is 11.5. The summed E-state index contributed by atoms with van der Waals surface area (Å²) in [4.78, 5) is 13.5. The minimum atomic E-state index is -0.754. The van der Waals surface area contributed by atoms with Crippen molar-refractivity contribution in [2.24, 2.45) is 34.0 Å². The Morgan fingerprint density at radius 1 is 1.00 bits per heavy atom. The molecule has 0 spiro atoms. The van der Waals surface area contributed by atoms with E-state index in [9.17, 15) is 4.79 Å². The number of hydrogen-bond donors (Lipinski definition) is 0. The first kappa shape index (κ1) is 27.2. The molecule has 1 aromatic heterocycles. The summed E-state index contributed by atoms with van der Waals surface area (Å²) >= 11 is 0. The van der Waals surface area contributed by atoms with E-state index in [2.05, 4.69) is 40.7 Å². The SMILES string of the molecule is CO[C@H](C(=O)O[C@@H](C[C@H]1C(C)=CC[C@H]2[C@]3(C)CCCC(C)(C)[C@H]3CC[C@@]21C)c1ccoc1)c1ccccc1. The van der Waals surface area contributed by atoms with Gasteiger partial charge < -0.3 is 13.9 Å². The maximum Gasteiger partial charge on any atom is 0.340 e. The van der Waals surface area contributed by atoms with Crippen LogP contribution in [0, 0.1) is 34.0 Å². The van der Waals surface area contributed by atoms with Crippen LogP contribution in [0.15, 0.2) is 65.0 Å². The fraction of sp³-hybridized carbons (Fsp3) is 0.618. The minimum Gasteiger partial charge on any atom is -0.472 e. The molecule has 4 heteroatoms. The molecular weight excluding hydrogens is 472 g/mol. The van der Waals surface area contributed by atoms with Crippen molar-refractivity contribution in [3.63, 3.8) is 0 Å². The monoisotopic (exact) mass is 518 g/mol. The van der Waals surface area contributed by atoms with Crippen molar-refractivity contribution >= 4 is 5.97 Å². The number of benzene rings is 1. The Labute approximate surface area is 229 Å². The molecule has 2 saturated carbocycles. The van der Waals surface area contributed by atoms with E-state index < -0.39 is 6.10 Å². The van der Waals surface area contributed by atoms with Crippen LogP contribution < -0.4 is 0 Å². The number of rotatable bonds is 7. The summed E-state index contributed by atoms with van der Waals surface area (Å²) in [5, 5.41) is 0. The number of allylic oxidation sites excluding steroid dienone is 2. The highest BCUT2D eigenvalue weighted by molar-refractivity contribution is 5.76. The highest BCUT2D eigenvalue weighted by Gasteiger charge is 2.60. The summed E-state index contributed by atoms with van der Waals surface area (Å²) < 4.78 is 17.4. The van der Waals surface area contributed by atoms with Crippen molar-refractivity contribution < 1.29 is 18.7 Å². The van der Waals surface area contributed by atoms with Crippen LogP contribution in [-0.4, -0.2) is 13.1 Å². The Bertz CT molecular complexity index is 1130. The molecule has 1 aromatic carbocycles. The lowest BCUT2D eigenvalue weighted by Crippen LogP contribution is -2.57. The van der Waals surface area contributed by atoms with E-state index in [1.165, 1.54) is 37.7 Å². The molecule has 3 aliphatic rings. The third-order valence-corrected chi connectivity index (χ3v) is 11.0. The first-order valence-electron chi connectivity index (χ1n) is 14.6. The predicted molar refractivity (Wildman–Crippen MR) is 150 cm³/mol. The van der Waals surface area contributed by atoms with Crippen molar-refractivity contribution in [1.82, 2.24) is 0 Å². The molecule has 2 aromatic rings. The van der Waals surface area contributed by atoms with Gasteiger partial charge in [0.25, 0.3) is 0 Å². The maximum atomic E-state index is 13.5. The second kappa shape index (κ2) is 10.3. The van der Waals surface area contributed by atoms with E-state index in [4.69, 9.17) is 13.9 Å². The van der Waals surface area contributed by atoms with Gasteiger partial charge in [0.1, 0.15) is 6.10 Å². The molecule has 0 saturated heterocycles. The number of carbonyl (C=O) groups is 1. The Balaban J connectivity index is 1.44. The molecule has 5 rings (SSSR count). The fourth-order valence-corrected chi connectivity index (χ4v) is 9.19. The molecule has 4 nitrogen and oxygen atoms in total. The quantitative estimate of drug-likeness (QED) is 0.271. The molecule has 2 fully saturated rings. The van der Waals surface area contributed by atoms with Crippen LogP contribution in [0.2, 0.25) is 0 Å². The van der Waals surface area contributed by atoms with Gasteiger partial charge in [0.05, 0.1) is 12.5 Å². The molecule has 38 heavy (non-hydrogen) atoms. The number of carbonyl (C=O) groups excluding carboxylic acids is 1. The third kappa shape index (κ3) is 4.68. The topological polar surface area (TPSA) is 48.7 Å². The van der Waals surface area contributed by atoms with Crippen LogP contribution in [0.25, 0.3) is 0 Å². The van der Waals surface area contributed by atoms with Gasteiger partial charge in [-0.3, -0.25) is 0 Å². The van der Waals surface area contributed by atoms with Gasteiger partial charge >= 0.3 is 5.97 Å². The van der Waals surface area contributed by atoms with Crippen LogP contribution in [0.4, 0.5) is 0 Å². The Morgan fingerprint density at radius 3 is 2.45 bits per heavy atom. The molecule has 0 unspecified atom stereocenters.